The molecular weight excluding hydrogens is 280 g/mol. The number of carbonyl (C=O) groups excluding carboxylic acids is 1. The van der Waals surface area contributed by atoms with E-state index in [0.29, 0.717) is 25.2 Å². The second kappa shape index (κ2) is 7.79. The molecule has 0 aliphatic heterocycles. The topological polar surface area (TPSA) is 115 Å². The zero-order chi connectivity index (χ0) is 16.0. The molecule has 0 aliphatic rings. The average Bonchev–Trinajstić information content (AvgIpc) is 2.74. The predicted molar refractivity (Wildman–Crippen MR) is 72.4 cm³/mol. The summed E-state index contributed by atoms with van der Waals surface area (Å²) in [6.45, 7) is 8.73. The van der Waals surface area contributed by atoms with Crippen molar-refractivity contribution >= 4 is 6.09 Å². The Kier molecular flexibility index (Phi) is 6.38. The van der Waals surface area contributed by atoms with Crippen LogP contribution in [0.1, 0.15) is 33.4 Å². The van der Waals surface area contributed by atoms with Crippen LogP contribution < -0.4 is 15.0 Å². The van der Waals surface area contributed by atoms with Gasteiger partial charge in [0, 0.05) is 25.2 Å². The molecule has 0 spiro atoms. The molecule has 9 nitrogen and oxygen atoms in total. The number of carbonyl (C=O) groups is 1. The van der Waals surface area contributed by atoms with Crippen molar-refractivity contribution < 1.29 is 24.2 Å². The lowest BCUT2D eigenvalue weighted by atomic mass is 10.2. The minimum absolute atomic E-state index is 0.0120. The van der Waals surface area contributed by atoms with E-state index >= 15 is 0 Å². The summed E-state index contributed by atoms with van der Waals surface area (Å²) in [6.07, 6.45) is -0.758. The molecule has 1 aromatic heterocycles. The van der Waals surface area contributed by atoms with Crippen LogP contribution in [0.25, 0.3) is 0 Å². The highest BCUT2D eigenvalue weighted by Crippen LogP contribution is 2.10. The minimum atomic E-state index is -0.758. The van der Waals surface area contributed by atoms with E-state index in [0.717, 1.165) is 0 Å². The SMILES string of the molecule is CC(C)N(CCNC(=O)Oc1no[n+]([O-])c1CO)C(C)C. The highest BCUT2D eigenvalue weighted by Gasteiger charge is 2.23. The lowest BCUT2D eigenvalue weighted by molar-refractivity contribution is -0.809. The van der Waals surface area contributed by atoms with Gasteiger partial charge < -0.3 is 20.4 Å². The Morgan fingerprint density at radius 1 is 1.48 bits per heavy atom. The lowest BCUT2D eigenvalue weighted by Gasteiger charge is -2.30. The summed E-state index contributed by atoms with van der Waals surface area (Å²) in [5.74, 6) is -0.338. The average molecular weight is 302 g/mol. The molecule has 0 radical (unpaired) electrons. The third-order valence-corrected chi connectivity index (χ3v) is 2.97. The monoisotopic (exact) mass is 302 g/mol. The molecule has 0 atom stereocenters. The van der Waals surface area contributed by atoms with Crippen LogP contribution in [0.4, 0.5) is 4.79 Å². The zero-order valence-corrected chi connectivity index (χ0v) is 12.7. The minimum Gasteiger partial charge on any atom is -0.387 e. The molecule has 0 bridgehead atoms. The number of amides is 1. The molecule has 9 heteroatoms. The third kappa shape index (κ3) is 4.87. The van der Waals surface area contributed by atoms with Crippen molar-refractivity contribution in [1.29, 1.82) is 0 Å². The van der Waals surface area contributed by atoms with Crippen molar-refractivity contribution in [2.75, 3.05) is 13.1 Å². The summed E-state index contributed by atoms with van der Waals surface area (Å²) < 4.78 is 9.04. The van der Waals surface area contributed by atoms with Crippen molar-refractivity contribution in [1.82, 2.24) is 15.4 Å². The summed E-state index contributed by atoms with van der Waals surface area (Å²) in [6, 6.07) is 0.720. The number of aliphatic hydroxyl groups excluding tert-OH is 1. The summed E-state index contributed by atoms with van der Waals surface area (Å²) in [4.78, 5) is 13.8. The first-order valence-electron chi connectivity index (χ1n) is 6.77. The fraction of sp³-hybridized carbons (Fsp3) is 0.750. The van der Waals surface area contributed by atoms with Gasteiger partial charge >= 0.3 is 12.0 Å². The van der Waals surface area contributed by atoms with Crippen LogP contribution in [-0.2, 0) is 6.61 Å². The molecule has 0 aromatic carbocycles. The first-order valence-corrected chi connectivity index (χ1v) is 6.77. The standard InChI is InChI=1S/C12H22N4O5/c1-8(2)15(9(3)4)6-5-13-12(18)20-11-10(7-17)16(19)21-14-11/h8-9,17H,5-7H2,1-4H3,(H,13,18). The number of nitrogens with zero attached hydrogens (tertiary/aromatic N) is 3. The zero-order valence-electron chi connectivity index (χ0n) is 12.7. The maximum atomic E-state index is 11.6. The van der Waals surface area contributed by atoms with E-state index in [4.69, 9.17) is 9.84 Å². The Hall–Kier alpha value is -1.87. The molecule has 0 unspecified atom stereocenters. The van der Waals surface area contributed by atoms with Gasteiger partial charge in [0.2, 0.25) is 0 Å². The molecule has 1 aromatic rings. The molecule has 0 aliphatic carbocycles. The largest absolute Gasteiger partial charge is 0.415 e. The van der Waals surface area contributed by atoms with Gasteiger partial charge in [0.25, 0.3) is 5.69 Å². The van der Waals surface area contributed by atoms with Crippen LogP contribution in [-0.4, -0.2) is 46.4 Å². The number of nitrogens with one attached hydrogen (secondary N) is 1. The lowest BCUT2D eigenvalue weighted by Crippen LogP contribution is -2.43. The molecule has 1 rings (SSSR count). The van der Waals surface area contributed by atoms with Crippen LogP contribution in [0, 0.1) is 5.21 Å². The maximum Gasteiger partial charge on any atom is 0.415 e. The molecule has 120 valence electrons. The smallest absolute Gasteiger partial charge is 0.387 e. The Labute approximate surface area is 123 Å². The quantitative estimate of drug-likeness (QED) is 0.682. The van der Waals surface area contributed by atoms with Crippen LogP contribution in [0.15, 0.2) is 4.63 Å². The number of aromatic nitrogens is 2. The van der Waals surface area contributed by atoms with E-state index in [1.165, 1.54) is 0 Å². The number of aliphatic hydroxyl groups is 1. The van der Waals surface area contributed by atoms with Crippen molar-refractivity contribution in [2.45, 2.75) is 46.4 Å². The second-order valence-corrected chi connectivity index (χ2v) is 5.08. The van der Waals surface area contributed by atoms with Gasteiger partial charge in [0.15, 0.2) is 0 Å². The van der Waals surface area contributed by atoms with Gasteiger partial charge in [0.1, 0.15) is 6.61 Å². The summed E-state index contributed by atoms with van der Waals surface area (Å²) in [7, 11) is 0. The van der Waals surface area contributed by atoms with E-state index in [2.05, 4.69) is 47.7 Å². The number of hydrogen-bond donors (Lipinski definition) is 2. The molecule has 0 saturated heterocycles. The van der Waals surface area contributed by atoms with E-state index < -0.39 is 12.7 Å². The number of rotatable bonds is 7. The Morgan fingerprint density at radius 3 is 2.62 bits per heavy atom. The first kappa shape index (κ1) is 17.2. The second-order valence-electron chi connectivity index (χ2n) is 5.08. The van der Waals surface area contributed by atoms with Gasteiger partial charge in [-0.2, -0.15) is 0 Å². The van der Waals surface area contributed by atoms with E-state index in [9.17, 15) is 10.0 Å². The third-order valence-electron chi connectivity index (χ3n) is 2.97. The number of ether oxygens (including phenoxy) is 1. The molecule has 21 heavy (non-hydrogen) atoms. The van der Waals surface area contributed by atoms with Crippen LogP contribution in [0.3, 0.4) is 0 Å². The van der Waals surface area contributed by atoms with Crippen molar-refractivity contribution in [3.05, 3.63) is 10.9 Å². The Morgan fingerprint density at radius 2 is 2.10 bits per heavy atom. The predicted octanol–water partition coefficient (Wildman–Crippen LogP) is 0.00750. The molecule has 0 saturated carbocycles. The molecule has 1 amide bonds. The highest BCUT2D eigenvalue weighted by molar-refractivity contribution is 5.69. The van der Waals surface area contributed by atoms with Crippen molar-refractivity contribution in [2.24, 2.45) is 0 Å². The van der Waals surface area contributed by atoms with Crippen LogP contribution in [0.5, 0.6) is 5.88 Å². The van der Waals surface area contributed by atoms with Crippen LogP contribution in [0.2, 0.25) is 0 Å². The maximum absolute atomic E-state index is 11.6. The fourth-order valence-corrected chi connectivity index (χ4v) is 1.98. The van der Waals surface area contributed by atoms with E-state index in [1.54, 1.807) is 0 Å². The normalized spacial score (nSPS) is 11.4. The van der Waals surface area contributed by atoms with E-state index in [1.807, 2.05) is 0 Å². The Bertz CT molecular complexity index is 453. The van der Waals surface area contributed by atoms with Gasteiger partial charge in [0.05, 0.1) is 5.16 Å². The van der Waals surface area contributed by atoms with Crippen molar-refractivity contribution in [3.8, 4) is 5.88 Å². The first-order chi connectivity index (χ1) is 9.86. The fourth-order valence-electron chi connectivity index (χ4n) is 1.98. The van der Waals surface area contributed by atoms with Gasteiger partial charge in [-0.25, -0.2) is 4.79 Å². The van der Waals surface area contributed by atoms with Gasteiger partial charge in [-0.15, -0.1) is 0 Å². The summed E-state index contributed by atoms with van der Waals surface area (Å²) >= 11 is 0. The van der Waals surface area contributed by atoms with Gasteiger partial charge in [-0.1, -0.05) is 0 Å². The molecule has 2 N–H and O–H groups in total. The van der Waals surface area contributed by atoms with E-state index in [-0.39, 0.29) is 16.5 Å². The Balaban J connectivity index is 2.44. The molecular formula is C12H22N4O5. The summed E-state index contributed by atoms with van der Waals surface area (Å²) in [5, 5.41) is 25.8. The van der Waals surface area contributed by atoms with Gasteiger partial charge in [-0.05, 0) is 32.6 Å². The van der Waals surface area contributed by atoms with Crippen LogP contribution >= 0.6 is 0 Å². The molecule has 1 heterocycles. The van der Waals surface area contributed by atoms with Gasteiger partial charge in [-0.3, -0.25) is 9.53 Å². The van der Waals surface area contributed by atoms with Crippen molar-refractivity contribution in [3.63, 3.8) is 0 Å². The number of hydrogen-bond acceptors (Lipinski definition) is 7. The summed E-state index contributed by atoms with van der Waals surface area (Å²) in [5.41, 5.74) is -0.254. The highest BCUT2D eigenvalue weighted by atomic mass is 16.8. The molecule has 0 fully saturated rings.